The second kappa shape index (κ2) is 11.2. The van der Waals surface area contributed by atoms with Crippen LogP contribution in [-0.4, -0.2) is 9.97 Å². The van der Waals surface area contributed by atoms with Crippen molar-refractivity contribution < 1.29 is 54.3 Å². The zero-order valence-corrected chi connectivity index (χ0v) is 11.5. The summed E-state index contributed by atoms with van der Waals surface area (Å²) in [5.41, 5.74) is 1.83. The summed E-state index contributed by atoms with van der Waals surface area (Å²) >= 11 is 0. The zero-order chi connectivity index (χ0) is 8.23. The average molecular weight is 317 g/mol. The molecule has 0 aliphatic rings. The van der Waals surface area contributed by atoms with Gasteiger partial charge < -0.3 is 37.2 Å². The van der Waals surface area contributed by atoms with Crippen LogP contribution in [0.15, 0.2) is 48.8 Å². The Balaban J connectivity index is -0.000000422. The quantitative estimate of drug-likeness (QED) is 0.489. The van der Waals surface area contributed by atoms with Gasteiger partial charge in [0.1, 0.15) is 0 Å². The number of nitrogens with zero attached hydrogens (tertiary/aromatic N) is 2. The maximum absolute atomic E-state index is 4.19. The first-order chi connectivity index (χ1) is 5.97. The molecule has 86 valence electrons. The predicted molar refractivity (Wildman–Crippen MR) is 47.5 cm³/mol. The van der Waals surface area contributed by atoms with E-state index >= 15 is 0 Å². The summed E-state index contributed by atoms with van der Waals surface area (Å²) in [6.07, 6.45) is 3.54. The minimum atomic E-state index is 0. The van der Waals surface area contributed by atoms with Crippen molar-refractivity contribution in [3.8, 4) is 11.4 Å². The van der Waals surface area contributed by atoms with E-state index < -0.39 is 0 Å². The molecule has 0 radical (unpaired) electrons. The van der Waals surface area contributed by atoms with Crippen molar-refractivity contribution in [3.63, 3.8) is 0 Å². The van der Waals surface area contributed by atoms with Crippen LogP contribution in [0, 0.1) is 0 Å². The molecule has 0 saturated heterocycles. The summed E-state index contributed by atoms with van der Waals surface area (Å²) in [6.45, 7) is 0. The molecule has 2 aromatic rings. The first kappa shape index (κ1) is 21.0. The Bertz CT molecular complexity index is 321. The minimum absolute atomic E-state index is 0. The van der Waals surface area contributed by atoms with E-state index in [1.165, 1.54) is 0 Å². The fourth-order valence-electron chi connectivity index (χ4n) is 1.03. The van der Waals surface area contributed by atoms with E-state index in [1.54, 1.807) is 12.4 Å². The molecule has 0 aromatic carbocycles. The SMILES string of the molecule is [Cl-].[Cl-].[Cl-].[Mn+3].c1ccc(-c2ccccn2)nc1. The monoisotopic (exact) mass is 316 g/mol. The molecule has 0 saturated carbocycles. The maximum Gasteiger partial charge on any atom is 3.00 e. The molecule has 0 spiro atoms. The third-order valence-corrected chi connectivity index (χ3v) is 1.59. The molecule has 0 aliphatic heterocycles. The van der Waals surface area contributed by atoms with Gasteiger partial charge in [0.05, 0.1) is 11.4 Å². The Morgan fingerprint density at radius 1 is 0.625 bits per heavy atom. The molecule has 16 heavy (non-hydrogen) atoms. The van der Waals surface area contributed by atoms with E-state index in [0.717, 1.165) is 11.4 Å². The molecular weight excluding hydrogens is 309 g/mol. The third-order valence-electron chi connectivity index (χ3n) is 1.59. The van der Waals surface area contributed by atoms with Crippen LogP contribution in [-0.2, 0) is 17.1 Å². The van der Waals surface area contributed by atoms with E-state index in [-0.39, 0.29) is 54.3 Å². The summed E-state index contributed by atoms with van der Waals surface area (Å²) in [4.78, 5) is 8.37. The van der Waals surface area contributed by atoms with Crippen LogP contribution in [0.3, 0.4) is 0 Å². The van der Waals surface area contributed by atoms with Gasteiger partial charge in [-0.25, -0.2) is 0 Å². The van der Waals surface area contributed by atoms with Gasteiger partial charge in [0.15, 0.2) is 0 Å². The minimum Gasteiger partial charge on any atom is -1.00 e. The van der Waals surface area contributed by atoms with Crippen molar-refractivity contribution in [2.75, 3.05) is 0 Å². The summed E-state index contributed by atoms with van der Waals surface area (Å²) < 4.78 is 0. The van der Waals surface area contributed by atoms with Crippen molar-refractivity contribution in [2.24, 2.45) is 0 Å². The Kier molecular flexibility index (Phi) is 14.7. The third kappa shape index (κ3) is 5.69. The molecule has 2 nitrogen and oxygen atoms in total. The van der Waals surface area contributed by atoms with Crippen LogP contribution < -0.4 is 37.2 Å². The van der Waals surface area contributed by atoms with E-state index in [2.05, 4.69) is 9.97 Å². The average Bonchev–Trinajstić information content (AvgIpc) is 2.21. The van der Waals surface area contributed by atoms with Crippen molar-refractivity contribution in [1.29, 1.82) is 0 Å². The second-order valence-electron chi connectivity index (χ2n) is 2.43. The standard InChI is InChI=1S/C10H8N2.3ClH.Mn/c1-3-7-11-9(5-1)10-6-2-4-8-12-10;;;;/h1-8H;3*1H;/q;;;;+3/p-3. The molecule has 0 atom stereocenters. The van der Waals surface area contributed by atoms with Crippen LogP contribution in [0.4, 0.5) is 0 Å². The normalized spacial score (nSPS) is 7.25. The smallest absolute Gasteiger partial charge is 1.00 e. The van der Waals surface area contributed by atoms with Crippen molar-refractivity contribution in [1.82, 2.24) is 9.97 Å². The Labute approximate surface area is 124 Å². The zero-order valence-electron chi connectivity index (χ0n) is 8.03. The molecule has 0 unspecified atom stereocenters. The Hall–Kier alpha value is -0.311. The van der Waals surface area contributed by atoms with Gasteiger partial charge in [-0.2, -0.15) is 0 Å². The van der Waals surface area contributed by atoms with Crippen LogP contribution in [0.5, 0.6) is 0 Å². The van der Waals surface area contributed by atoms with E-state index in [9.17, 15) is 0 Å². The van der Waals surface area contributed by atoms with E-state index in [4.69, 9.17) is 0 Å². The molecule has 0 N–H and O–H groups in total. The second-order valence-corrected chi connectivity index (χ2v) is 2.43. The maximum atomic E-state index is 4.19. The van der Waals surface area contributed by atoms with Gasteiger partial charge in [0, 0.05) is 12.4 Å². The first-order valence-corrected chi connectivity index (χ1v) is 3.79. The van der Waals surface area contributed by atoms with Gasteiger partial charge in [-0.1, -0.05) is 12.1 Å². The molecule has 0 amide bonds. The van der Waals surface area contributed by atoms with Crippen LogP contribution in [0.1, 0.15) is 0 Å². The van der Waals surface area contributed by atoms with Gasteiger partial charge in [0.25, 0.3) is 0 Å². The summed E-state index contributed by atoms with van der Waals surface area (Å²) in [6, 6.07) is 11.6. The van der Waals surface area contributed by atoms with Gasteiger partial charge in [-0.3, -0.25) is 9.97 Å². The topological polar surface area (TPSA) is 25.8 Å². The van der Waals surface area contributed by atoms with Crippen molar-refractivity contribution in [3.05, 3.63) is 48.8 Å². The molecule has 0 fully saturated rings. The predicted octanol–water partition coefficient (Wildman–Crippen LogP) is -6.85. The van der Waals surface area contributed by atoms with E-state index in [0.29, 0.717) is 0 Å². The summed E-state index contributed by atoms with van der Waals surface area (Å²) in [7, 11) is 0. The van der Waals surface area contributed by atoms with Crippen molar-refractivity contribution in [2.45, 2.75) is 0 Å². The van der Waals surface area contributed by atoms with E-state index in [1.807, 2.05) is 36.4 Å². The largest absolute Gasteiger partial charge is 3.00 e. The van der Waals surface area contributed by atoms with Gasteiger partial charge in [-0.05, 0) is 24.3 Å². The molecule has 2 aromatic heterocycles. The fraction of sp³-hybridized carbons (Fsp3) is 0. The molecule has 0 aliphatic carbocycles. The number of hydrogen-bond acceptors (Lipinski definition) is 2. The molecular formula is C10H8Cl3MnN2. The molecule has 2 rings (SSSR count). The molecule has 0 bridgehead atoms. The fourth-order valence-corrected chi connectivity index (χ4v) is 1.03. The number of rotatable bonds is 1. The molecule has 6 heteroatoms. The Morgan fingerprint density at radius 3 is 1.25 bits per heavy atom. The number of aromatic nitrogens is 2. The van der Waals surface area contributed by atoms with Gasteiger partial charge in [0.2, 0.25) is 0 Å². The van der Waals surface area contributed by atoms with Crippen molar-refractivity contribution >= 4 is 0 Å². The van der Waals surface area contributed by atoms with Gasteiger partial charge in [-0.15, -0.1) is 0 Å². The van der Waals surface area contributed by atoms with Gasteiger partial charge >= 0.3 is 17.1 Å². The number of pyridine rings is 2. The molecule has 2 heterocycles. The van der Waals surface area contributed by atoms with Crippen LogP contribution in [0.2, 0.25) is 0 Å². The number of hydrogen-bond donors (Lipinski definition) is 0. The number of halogens is 3. The summed E-state index contributed by atoms with van der Waals surface area (Å²) in [5, 5.41) is 0. The first-order valence-electron chi connectivity index (χ1n) is 3.79. The summed E-state index contributed by atoms with van der Waals surface area (Å²) in [5.74, 6) is 0. The van der Waals surface area contributed by atoms with Crippen LogP contribution in [0.25, 0.3) is 11.4 Å². The van der Waals surface area contributed by atoms with Crippen LogP contribution >= 0.6 is 0 Å². The Morgan fingerprint density at radius 2 is 1.00 bits per heavy atom.